The highest BCUT2D eigenvalue weighted by molar-refractivity contribution is 5.81. The van der Waals surface area contributed by atoms with E-state index in [2.05, 4.69) is 29.6 Å². The third-order valence-corrected chi connectivity index (χ3v) is 7.61. The highest BCUT2D eigenvalue weighted by atomic mass is 16.5. The molecule has 0 saturated carbocycles. The molecule has 0 saturated heterocycles. The maximum absolute atomic E-state index is 12.7. The van der Waals surface area contributed by atoms with Gasteiger partial charge >= 0.3 is 12.1 Å². The molecule has 1 aliphatic rings. The van der Waals surface area contributed by atoms with Gasteiger partial charge in [0.1, 0.15) is 18.4 Å². The zero-order valence-corrected chi connectivity index (χ0v) is 24.1. The lowest BCUT2D eigenvalue weighted by Crippen LogP contribution is -2.42. The third-order valence-electron chi connectivity index (χ3n) is 7.61. The minimum absolute atomic E-state index is 0.0954. The van der Waals surface area contributed by atoms with E-state index in [1.807, 2.05) is 78.9 Å². The van der Waals surface area contributed by atoms with Crippen LogP contribution in [-0.4, -0.2) is 43.0 Å². The second-order valence-corrected chi connectivity index (χ2v) is 10.7. The van der Waals surface area contributed by atoms with E-state index in [1.54, 1.807) is 0 Å². The van der Waals surface area contributed by atoms with Crippen LogP contribution in [0.3, 0.4) is 0 Å². The average molecular weight is 580 g/mol. The van der Waals surface area contributed by atoms with Gasteiger partial charge in [-0.05, 0) is 64.8 Å². The van der Waals surface area contributed by atoms with Gasteiger partial charge in [-0.3, -0.25) is 0 Å². The van der Waals surface area contributed by atoms with Crippen molar-refractivity contribution in [1.29, 1.82) is 0 Å². The molecule has 1 atom stereocenters. The molecule has 222 valence electrons. The molecule has 0 spiro atoms. The summed E-state index contributed by atoms with van der Waals surface area (Å²) < 4.78 is 17.1. The molecule has 1 amide bonds. The van der Waals surface area contributed by atoms with Crippen molar-refractivity contribution < 1.29 is 28.9 Å². The second kappa shape index (κ2) is 15.0. The van der Waals surface area contributed by atoms with Gasteiger partial charge < -0.3 is 24.6 Å². The molecule has 0 aliphatic heterocycles. The Kier molecular flexibility index (Phi) is 10.4. The standard InChI is InChI=1S/C36H37NO6/c38-35(39)34(37-36(40)43-25-33-31-15-7-5-13-29(31)30-14-6-8-16-32(30)33)23-26-17-19-28(20-18-26)42-22-10-2-9-21-41-24-27-11-3-1-4-12-27/h1,3-8,11-20,33-34H,2,9-10,21-25H2,(H,37,40)(H,38,39)/t34-/m0/s1. The number of hydrogen-bond donors (Lipinski definition) is 2. The van der Waals surface area contributed by atoms with Crippen molar-refractivity contribution in [2.75, 3.05) is 19.8 Å². The van der Waals surface area contributed by atoms with Gasteiger partial charge in [0.05, 0.1) is 13.2 Å². The first-order chi connectivity index (χ1) is 21.1. The molecular formula is C36H37NO6. The number of aliphatic carboxylic acids is 1. The molecule has 1 aliphatic carbocycles. The van der Waals surface area contributed by atoms with Crippen LogP contribution in [0.2, 0.25) is 0 Å². The summed E-state index contributed by atoms with van der Waals surface area (Å²) in [6, 6.07) is 32.4. The Morgan fingerprint density at radius 3 is 2.02 bits per heavy atom. The summed E-state index contributed by atoms with van der Waals surface area (Å²) in [7, 11) is 0. The van der Waals surface area contributed by atoms with Crippen molar-refractivity contribution in [2.24, 2.45) is 0 Å². The number of ether oxygens (including phenoxy) is 3. The van der Waals surface area contributed by atoms with E-state index in [1.165, 1.54) is 5.56 Å². The number of amides is 1. The van der Waals surface area contributed by atoms with Gasteiger partial charge in [0.25, 0.3) is 0 Å². The number of nitrogens with one attached hydrogen (secondary N) is 1. The fourth-order valence-corrected chi connectivity index (χ4v) is 5.38. The normalized spacial score (nSPS) is 12.7. The monoisotopic (exact) mass is 579 g/mol. The number of hydrogen-bond acceptors (Lipinski definition) is 5. The van der Waals surface area contributed by atoms with Crippen LogP contribution in [0.5, 0.6) is 5.75 Å². The summed E-state index contributed by atoms with van der Waals surface area (Å²) in [4.78, 5) is 24.6. The SMILES string of the molecule is O=C(N[C@@H](Cc1ccc(OCCCCCOCc2ccccc2)cc1)C(=O)O)OCC1c2ccccc2-c2ccccc21. The fourth-order valence-electron chi connectivity index (χ4n) is 5.38. The van der Waals surface area contributed by atoms with Crippen molar-refractivity contribution >= 4 is 12.1 Å². The molecule has 4 aromatic carbocycles. The topological polar surface area (TPSA) is 94.1 Å². The lowest BCUT2D eigenvalue weighted by molar-refractivity contribution is -0.139. The Labute approximate surface area is 252 Å². The van der Waals surface area contributed by atoms with Crippen molar-refractivity contribution in [3.8, 4) is 16.9 Å². The first-order valence-electron chi connectivity index (χ1n) is 14.8. The average Bonchev–Trinajstić information content (AvgIpc) is 3.35. The largest absolute Gasteiger partial charge is 0.494 e. The lowest BCUT2D eigenvalue weighted by Gasteiger charge is -2.17. The molecule has 0 fully saturated rings. The van der Waals surface area contributed by atoms with Gasteiger partial charge in [-0.25, -0.2) is 9.59 Å². The number of carboxylic acid groups (broad SMARTS) is 1. The summed E-state index contributed by atoms with van der Waals surface area (Å²) in [6.45, 7) is 2.07. The lowest BCUT2D eigenvalue weighted by atomic mass is 9.98. The number of carbonyl (C=O) groups is 2. The van der Waals surface area contributed by atoms with Gasteiger partial charge in [-0.2, -0.15) is 0 Å². The molecule has 5 rings (SSSR count). The molecule has 7 heteroatoms. The maximum Gasteiger partial charge on any atom is 0.407 e. The Morgan fingerprint density at radius 2 is 1.35 bits per heavy atom. The van der Waals surface area contributed by atoms with Crippen LogP contribution in [-0.2, 0) is 27.3 Å². The minimum Gasteiger partial charge on any atom is -0.494 e. The highest BCUT2D eigenvalue weighted by Crippen LogP contribution is 2.44. The number of alkyl carbamates (subject to hydrolysis) is 1. The van der Waals surface area contributed by atoms with Crippen molar-refractivity contribution in [3.63, 3.8) is 0 Å². The number of unbranched alkanes of at least 4 members (excludes halogenated alkanes) is 2. The molecule has 0 aromatic heterocycles. The summed E-state index contributed by atoms with van der Waals surface area (Å²) in [6.07, 6.45) is 2.28. The fraction of sp³-hybridized carbons (Fsp3) is 0.278. The van der Waals surface area contributed by atoms with Crippen LogP contribution in [0.25, 0.3) is 11.1 Å². The Hall–Kier alpha value is -4.62. The van der Waals surface area contributed by atoms with E-state index in [4.69, 9.17) is 14.2 Å². The Balaban J connectivity index is 1.02. The molecule has 0 bridgehead atoms. The molecule has 0 radical (unpaired) electrons. The van der Waals surface area contributed by atoms with Crippen LogP contribution in [0, 0.1) is 0 Å². The van der Waals surface area contributed by atoms with Crippen LogP contribution >= 0.6 is 0 Å². The first kappa shape index (κ1) is 29.9. The van der Waals surface area contributed by atoms with E-state index in [-0.39, 0.29) is 18.9 Å². The molecular weight excluding hydrogens is 542 g/mol. The minimum atomic E-state index is -1.12. The molecule has 0 heterocycles. The number of carboxylic acids is 1. The van der Waals surface area contributed by atoms with E-state index in [0.29, 0.717) is 13.2 Å². The molecule has 7 nitrogen and oxygen atoms in total. The van der Waals surface area contributed by atoms with Crippen LogP contribution in [0.15, 0.2) is 103 Å². The Bertz CT molecular complexity index is 1440. The van der Waals surface area contributed by atoms with Crippen LogP contribution in [0.4, 0.5) is 4.79 Å². The van der Waals surface area contributed by atoms with Gasteiger partial charge in [-0.15, -0.1) is 0 Å². The molecule has 4 aromatic rings. The van der Waals surface area contributed by atoms with E-state index in [0.717, 1.165) is 59.4 Å². The number of fused-ring (bicyclic) bond motifs is 3. The zero-order valence-electron chi connectivity index (χ0n) is 24.1. The van der Waals surface area contributed by atoms with Gasteiger partial charge in [0.15, 0.2) is 0 Å². The summed E-state index contributed by atoms with van der Waals surface area (Å²) in [5.41, 5.74) is 6.41. The number of rotatable bonds is 15. The predicted molar refractivity (Wildman–Crippen MR) is 165 cm³/mol. The van der Waals surface area contributed by atoms with E-state index >= 15 is 0 Å². The summed E-state index contributed by atoms with van der Waals surface area (Å²) in [5.74, 6) is -0.496. The third kappa shape index (κ3) is 8.23. The smallest absolute Gasteiger partial charge is 0.407 e. The molecule has 43 heavy (non-hydrogen) atoms. The maximum atomic E-state index is 12.7. The molecule has 2 N–H and O–H groups in total. The second-order valence-electron chi connectivity index (χ2n) is 10.7. The van der Waals surface area contributed by atoms with E-state index < -0.39 is 18.1 Å². The predicted octanol–water partition coefficient (Wildman–Crippen LogP) is 6.99. The van der Waals surface area contributed by atoms with Crippen LogP contribution < -0.4 is 10.1 Å². The molecule has 0 unspecified atom stereocenters. The number of carbonyl (C=O) groups excluding carboxylic acids is 1. The van der Waals surface area contributed by atoms with Gasteiger partial charge in [-0.1, -0.05) is 91.0 Å². The number of benzene rings is 4. The van der Waals surface area contributed by atoms with E-state index in [9.17, 15) is 14.7 Å². The van der Waals surface area contributed by atoms with Gasteiger partial charge in [0.2, 0.25) is 0 Å². The van der Waals surface area contributed by atoms with Crippen LogP contribution in [0.1, 0.15) is 47.4 Å². The van der Waals surface area contributed by atoms with Crippen molar-refractivity contribution in [2.45, 2.75) is 44.2 Å². The van der Waals surface area contributed by atoms with Crippen molar-refractivity contribution in [1.82, 2.24) is 5.32 Å². The first-order valence-corrected chi connectivity index (χ1v) is 14.8. The van der Waals surface area contributed by atoms with Gasteiger partial charge in [0, 0.05) is 18.9 Å². The quantitative estimate of drug-likeness (QED) is 0.148. The van der Waals surface area contributed by atoms with Crippen molar-refractivity contribution in [3.05, 3.63) is 125 Å². The Morgan fingerprint density at radius 1 is 0.721 bits per heavy atom. The summed E-state index contributed by atoms with van der Waals surface area (Å²) in [5, 5.41) is 12.3. The summed E-state index contributed by atoms with van der Waals surface area (Å²) >= 11 is 0. The highest BCUT2D eigenvalue weighted by Gasteiger charge is 2.29. The zero-order chi connectivity index (χ0) is 29.9.